The number of benzene rings is 2. The lowest BCUT2D eigenvalue weighted by Gasteiger charge is -2.30. The molecule has 1 aliphatic heterocycles. The van der Waals surface area contributed by atoms with Crippen LogP contribution >= 0.6 is 0 Å². The second-order valence-corrected chi connectivity index (χ2v) is 9.79. The summed E-state index contributed by atoms with van der Waals surface area (Å²) in [6.45, 7) is 4.43. The number of nitrogens with zero attached hydrogens (tertiary/aromatic N) is 2. The van der Waals surface area contributed by atoms with E-state index in [0.29, 0.717) is 16.3 Å². The molecule has 0 fully saturated rings. The topological polar surface area (TPSA) is 104 Å². The standard InChI is InChI=1S/C23H26FN3O5S/c1-4-15(2)25-22(29)16(3)26(13-17-9-11-18(24)12-10-17)21(28)14-27-23(30)19-7-5-6-8-20(19)33(27,31)32/h5-12,15-16H,4,13-14H2,1-3H3,(H,25,29)/t15-,16-/m1/s1. The molecule has 1 heterocycles. The Kier molecular flexibility index (Phi) is 7.16. The first-order valence-electron chi connectivity index (χ1n) is 10.6. The van der Waals surface area contributed by atoms with Gasteiger partial charge in [0, 0.05) is 12.6 Å². The zero-order valence-electron chi connectivity index (χ0n) is 18.6. The lowest BCUT2D eigenvalue weighted by molar-refractivity contribution is -0.140. The van der Waals surface area contributed by atoms with E-state index < -0.39 is 46.1 Å². The first-order valence-corrected chi connectivity index (χ1v) is 12.0. The van der Waals surface area contributed by atoms with Crippen LogP contribution in [0.5, 0.6) is 0 Å². The van der Waals surface area contributed by atoms with E-state index in [4.69, 9.17) is 0 Å². The Balaban J connectivity index is 1.88. The second kappa shape index (κ2) is 9.70. The van der Waals surface area contributed by atoms with E-state index in [1.54, 1.807) is 6.07 Å². The molecule has 3 rings (SSSR count). The average molecular weight is 476 g/mol. The van der Waals surface area contributed by atoms with Gasteiger partial charge in [-0.05, 0) is 50.1 Å². The van der Waals surface area contributed by atoms with Gasteiger partial charge in [-0.25, -0.2) is 17.1 Å². The lowest BCUT2D eigenvalue weighted by Crippen LogP contribution is -2.52. The van der Waals surface area contributed by atoms with Crippen molar-refractivity contribution in [3.05, 3.63) is 65.5 Å². The maximum atomic E-state index is 13.3. The molecule has 2 atom stereocenters. The largest absolute Gasteiger partial charge is 0.352 e. The van der Waals surface area contributed by atoms with Crippen molar-refractivity contribution >= 4 is 27.7 Å². The van der Waals surface area contributed by atoms with Crippen molar-refractivity contribution in [1.82, 2.24) is 14.5 Å². The summed E-state index contributed by atoms with van der Waals surface area (Å²) in [5.41, 5.74) is 0.546. The molecule has 0 saturated heterocycles. The molecule has 8 nitrogen and oxygen atoms in total. The molecule has 2 aromatic rings. The Morgan fingerprint density at radius 1 is 1.09 bits per heavy atom. The van der Waals surface area contributed by atoms with Crippen LogP contribution in [-0.2, 0) is 26.2 Å². The van der Waals surface area contributed by atoms with Crippen LogP contribution in [0.1, 0.15) is 43.1 Å². The van der Waals surface area contributed by atoms with Gasteiger partial charge in [-0.3, -0.25) is 14.4 Å². The summed E-state index contributed by atoms with van der Waals surface area (Å²) >= 11 is 0. The number of hydrogen-bond donors (Lipinski definition) is 1. The van der Waals surface area contributed by atoms with E-state index in [2.05, 4.69) is 5.32 Å². The van der Waals surface area contributed by atoms with Gasteiger partial charge in [0.2, 0.25) is 11.8 Å². The number of sulfonamides is 1. The Morgan fingerprint density at radius 2 is 1.73 bits per heavy atom. The normalized spacial score (nSPS) is 16.1. The molecule has 176 valence electrons. The summed E-state index contributed by atoms with van der Waals surface area (Å²) in [5.74, 6) is -2.39. The number of amides is 3. The van der Waals surface area contributed by atoms with E-state index in [1.807, 2.05) is 13.8 Å². The molecule has 0 aliphatic carbocycles. The lowest BCUT2D eigenvalue weighted by atomic mass is 10.1. The predicted octanol–water partition coefficient (Wildman–Crippen LogP) is 2.30. The minimum absolute atomic E-state index is 0.00190. The van der Waals surface area contributed by atoms with E-state index in [9.17, 15) is 27.2 Å². The first kappa shape index (κ1) is 24.4. The monoisotopic (exact) mass is 475 g/mol. The fourth-order valence-corrected chi connectivity index (χ4v) is 4.95. The van der Waals surface area contributed by atoms with Gasteiger partial charge in [0.1, 0.15) is 23.3 Å². The van der Waals surface area contributed by atoms with Gasteiger partial charge in [-0.15, -0.1) is 0 Å². The van der Waals surface area contributed by atoms with E-state index in [1.165, 1.54) is 54.3 Å². The van der Waals surface area contributed by atoms with Gasteiger partial charge in [0.25, 0.3) is 15.9 Å². The highest BCUT2D eigenvalue weighted by atomic mass is 32.2. The zero-order valence-corrected chi connectivity index (χ0v) is 19.4. The third kappa shape index (κ3) is 5.05. The van der Waals surface area contributed by atoms with Crippen molar-refractivity contribution in [1.29, 1.82) is 0 Å². The Labute approximate surface area is 192 Å². The van der Waals surface area contributed by atoms with Crippen LogP contribution in [0, 0.1) is 5.82 Å². The smallest absolute Gasteiger partial charge is 0.269 e. The summed E-state index contributed by atoms with van der Waals surface area (Å²) in [4.78, 5) is 39.8. The van der Waals surface area contributed by atoms with Crippen molar-refractivity contribution in [2.45, 2.75) is 50.7 Å². The predicted molar refractivity (Wildman–Crippen MR) is 119 cm³/mol. The molecule has 0 saturated carbocycles. The van der Waals surface area contributed by atoms with Crippen LogP contribution in [0.4, 0.5) is 4.39 Å². The number of carbonyl (C=O) groups excluding carboxylic acids is 3. The van der Waals surface area contributed by atoms with Crippen molar-refractivity contribution in [3.8, 4) is 0 Å². The van der Waals surface area contributed by atoms with Crippen LogP contribution in [-0.4, -0.2) is 54.0 Å². The fourth-order valence-electron chi connectivity index (χ4n) is 3.44. The maximum absolute atomic E-state index is 13.3. The molecule has 1 aliphatic rings. The summed E-state index contributed by atoms with van der Waals surface area (Å²) in [6, 6.07) is 10.1. The second-order valence-electron chi connectivity index (χ2n) is 7.95. The minimum Gasteiger partial charge on any atom is -0.352 e. The summed E-state index contributed by atoms with van der Waals surface area (Å²) in [6.07, 6.45) is 0.684. The van der Waals surface area contributed by atoms with Crippen LogP contribution < -0.4 is 5.32 Å². The van der Waals surface area contributed by atoms with E-state index in [-0.39, 0.29) is 23.0 Å². The molecule has 10 heteroatoms. The fraction of sp³-hybridized carbons (Fsp3) is 0.348. The molecule has 0 bridgehead atoms. The summed E-state index contributed by atoms with van der Waals surface area (Å²) < 4.78 is 39.6. The van der Waals surface area contributed by atoms with Gasteiger partial charge in [0.15, 0.2) is 0 Å². The quantitative estimate of drug-likeness (QED) is 0.631. The summed E-state index contributed by atoms with van der Waals surface area (Å²) in [5, 5.41) is 2.80. The van der Waals surface area contributed by atoms with Crippen LogP contribution in [0.2, 0.25) is 0 Å². The molecule has 2 aromatic carbocycles. The average Bonchev–Trinajstić information content (AvgIpc) is 2.98. The number of fused-ring (bicyclic) bond motifs is 1. The Morgan fingerprint density at radius 3 is 2.33 bits per heavy atom. The molecular weight excluding hydrogens is 449 g/mol. The Hall–Kier alpha value is -3.27. The van der Waals surface area contributed by atoms with Crippen LogP contribution in [0.3, 0.4) is 0 Å². The molecule has 3 amide bonds. The van der Waals surface area contributed by atoms with E-state index >= 15 is 0 Å². The molecule has 1 N–H and O–H groups in total. The maximum Gasteiger partial charge on any atom is 0.269 e. The number of nitrogens with one attached hydrogen (secondary N) is 1. The molecule has 33 heavy (non-hydrogen) atoms. The third-order valence-electron chi connectivity index (χ3n) is 5.63. The van der Waals surface area contributed by atoms with Crippen LogP contribution in [0.25, 0.3) is 0 Å². The van der Waals surface area contributed by atoms with Crippen molar-refractivity contribution in [2.24, 2.45) is 0 Å². The van der Waals surface area contributed by atoms with Gasteiger partial charge in [0.05, 0.1) is 5.56 Å². The molecule has 0 aromatic heterocycles. The SMILES string of the molecule is CC[C@@H](C)NC(=O)[C@@H](C)N(Cc1ccc(F)cc1)C(=O)CN1C(=O)c2ccccc2S1(=O)=O. The first-order chi connectivity index (χ1) is 15.6. The Bertz CT molecular complexity index is 1170. The highest BCUT2D eigenvalue weighted by Crippen LogP contribution is 2.30. The minimum atomic E-state index is -4.19. The molecule has 0 radical (unpaired) electrons. The van der Waals surface area contributed by atoms with Crippen LogP contribution in [0.15, 0.2) is 53.4 Å². The van der Waals surface area contributed by atoms with Crippen molar-refractivity contribution in [2.75, 3.05) is 6.54 Å². The molecule has 0 unspecified atom stereocenters. The van der Waals surface area contributed by atoms with Gasteiger partial charge >= 0.3 is 0 Å². The molecule has 0 spiro atoms. The highest BCUT2D eigenvalue weighted by Gasteiger charge is 2.43. The van der Waals surface area contributed by atoms with Gasteiger partial charge < -0.3 is 10.2 Å². The number of hydrogen-bond acceptors (Lipinski definition) is 5. The highest BCUT2D eigenvalue weighted by molar-refractivity contribution is 7.90. The van der Waals surface area contributed by atoms with Gasteiger partial charge in [-0.2, -0.15) is 0 Å². The molecular formula is C23H26FN3O5S. The summed E-state index contributed by atoms with van der Waals surface area (Å²) in [7, 11) is -4.19. The number of halogens is 1. The zero-order chi connectivity index (χ0) is 24.3. The van der Waals surface area contributed by atoms with Gasteiger partial charge in [-0.1, -0.05) is 31.2 Å². The van der Waals surface area contributed by atoms with Crippen molar-refractivity contribution < 1.29 is 27.2 Å². The third-order valence-corrected chi connectivity index (χ3v) is 7.41. The number of carbonyl (C=O) groups is 3. The van der Waals surface area contributed by atoms with E-state index in [0.717, 1.165) is 0 Å². The number of rotatable bonds is 8. The van der Waals surface area contributed by atoms with Crippen molar-refractivity contribution in [3.63, 3.8) is 0 Å².